The van der Waals surface area contributed by atoms with Gasteiger partial charge in [0.1, 0.15) is 5.75 Å². The first-order valence-electron chi connectivity index (χ1n) is 7.97. The summed E-state index contributed by atoms with van der Waals surface area (Å²) < 4.78 is 6.26. The van der Waals surface area contributed by atoms with Gasteiger partial charge in [-0.3, -0.25) is 4.79 Å². The van der Waals surface area contributed by atoms with Gasteiger partial charge in [0, 0.05) is 32.6 Å². The van der Waals surface area contributed by atoms with Crippen molar-refractivity contribution in [2.75, 3.05) is 12.4 Å². The van der Waals surface area contributed by atoms with E-state index in [4.69, 9.17) is 4.74 Å². The second-order valence-corrected chi connectivity index (χ2v) is 7.80. The third kappa shape index (κ3) is 3.10. The molecule has 0 saturated carbocycles. The van der Waals surface area contributed by atoms with Crippen LogP contribution in [0.1, 0.15) is 22.8 Å². The predicted octanol–water partition coefficient (Wildman–Crippen LogP) is 5.66. The van der Waals surface area contributed by atoms with Crippen LogP contribution in [-0.2, 0) is 4.79 Å². The van der Waals surface area contributed by atoms with Crippen LogP contribution in [0.2, 0.25) is 0 Å². The van der Waals surface area contributed by atoms with Crippen molar-refractivity contribution in [3.8, 4) is 16.9 Å². The molecule has 0 radical (unpaired) electrons. The zero-order valence-corrected chi connectivity index (χ0v) is 16.0. The highest BCUT2D eigenvalue weighted by Crippen LogP contribution is 2.46. The summed E-state index contributed by atoms with van der Waals surface area (Å²) in [7, 11) is 1.66. The predicted molar refractivity (Wildman–Crippen MR) is 106 cm³/mol. The van der Waals surface area contributed by atoms with E-state index in [1.165, 1.54) is 4.88 Å². The highest BCUT2D eigenvalue weighted by molar-refractivity contribution is 9.10. The van der Waals surface area contributed by atoms with Crippen molar-refractivity contribution in [2.45, 2.75) is 12.3 Å². The lowest BCUT2D eigenvalue weighted by molar-refractivity contribution is -0.116. The minimum atomic E-state index is 0.0608. The molecule has 1 N–H and O–H groups in total. The quantitative estimate of drug-likeness (QED) is 0.601. The summed E-state index contributed by atoms with van der Waals surface area (Å²) >= 11 is 5.24. The number of hydrogen-bond acceptors (Lipinski definition) is 3. The molecule has 1 amide bonds. The number of carbonyl (C=O) groups excluding carboxylic acids is 1. The zero-order chi connectivity index (χ0) is 17.4. The molecule has 0 aliphatic carbocycles. The molecule has 0 bridgehead atoms. The number of benzene rings is 2. The van der Waals surface area contributed by atoms with Crippen LogP contribution in [0.5, 0.6) is 5.75 Å². The first-order valence-corrected chi connectivity index (χ1v) is 9.64. The average molecular weight is 414 g/mol. The molecular formula is C20H16BrNO2S. The van der Waals surface area contributed by atoms with Crippen molar-refractivity contribution >= 4 is 38.9 Å². The molecule has 126 valence electrons. The molecule has 3 nitrogen and oxygen atoms in total. The smallest absolute Gasteiger partial charge is 0.225 e. The fraction of sp³-hybridized carbons (Fsp3) is 0.150. The van der Waals surface area contributed by atoms with Gasteiger partial charge in [-0.25, -0.2) is 0 Å². The normalized spacial score (nSPS) is 16.2. The maximum absolute atomic E-state index is 12.3. The minimum absolute atomic E-state index is 0.0608. The number of anilines is 1. The fourth-order valence-corrected chi connectivity index (χ4v) is 4.78. The summed E-state index contributed by atoms with van der Waals surface area (Å²) in [5.74, 6) is 0.979. The molecule has 2 heterocycles. The maximum Gasteiger partial charge on any atom is 0.225 e. The molecule has 3 aromatic rings. The lowest BCUT2D eigenvalue weighted by atomic mass is 9.89. The number of amides is 1. The van der Waals surface area contributed by atoms with E-state index in [0.29, 0.717) is 6.42 Å². The lowest BCUT2D eigenvalue weighted by Gasteiger charge is -2.24. The number of thiophene rings is 1. The highest BCUT2D eigenvalue weighted by atomic mass is 79.9. The number of ether oxygens (including phenoxy) is 1. The van der Waals surface area contributed by atoms with E-state index >= 15 is 0 Å². The minimum Gasteiger partial charge on any atom is -0.497 e. The van der Waals surface area contributed by atoms with E-state index < -0.39 is 0 Å². The standard InChI is InChI=1S/C20H16BrNO2S/c1-24-15-7-5-12(6-8-15)17-11-25-20-16(10-18(23)22-19(17)20)13-3-2-4-14(21)9-13/h2-9,11,16H,10H2,1H3,(H,22,23)/t16-/m0/s1. The van der Waals surface area contributed by atoms with Gasteiger partial charge in [0.2, 0.25) is 5.91 Å². The third-order valence-electron chi connectivity index (χ3n) is 4.44. The summed E-state index contributed by atoms with van der Waals surface area (Å²) in [6.45, 7) is 0. The Morgan fingerprint density at radius 1 is 1.20 bits per heavy atom. The first-order chi connectivity index (χ1) is 12.2. The zero-order valence-electron chi connectivity index (χ0n) is 13.6. The lowest BCUT2D eigenvalue weighted by Crippen LogP contribution is -2.22. The molecule has 1 atom stereocenters. The van der Waals surface area contributed by atoms with Gasteiger partial charge in [0.25, 0.3) is 0 Å². The van der Waals surface area contributed by atoms with Crippen LogP contribution in [0, 0.1) is 0 Å². The Morgan fingerprint density at radius 3 is 2.72 bits per heavy atom. The SMILES string of the molecule is COc1ccc(-c2csc3c2NC(=O)C[C@H]3c2cccc(Br)c2)cc1. The van der Waals surface area contributed by atoms with Crippen LogP contribution in [0.3, 0.4) is 0 Å². The number of carbonyl (C=O) groups is 1. The molecule has 0 spiro atoms. The Bertz CT molecular complexity index is 933. The second-order valence-electron chi connectivity index (χ2n) is 5.98. The van der Waals surface area contributed by atoms with E-state index in [0.717, 1.165) is 32.6 Å². The van der Waals surface area contributed by atoms with Crippen LogP contribution < -0.4 is 10.1 Å². The van der Waals surface area contributed by atoms with Crippen molar-refractivity contribution in [3.05, 3.63) is 68.8 Å². The summed E-state index contributed by atoms with van der Waals surface area (Å²) in [4.78, 5) is 13.5. The van der Waals surface area contributed by atoms with E-state index in [1.807, 2.05) is 36.4 Å². The molecule has 25 heavy (non-hydrogen) atoms. The summed E-state index contributed by atoms with van der Waals surface area (Å²) in [6, 6.07) is 16.1. The molecule has 0 saturated heterocycles. The van der Waals surface area contributed by atoms with Gasteiger partial charge in [-0.1, -0.05) is 40.2 Å². The van der Waals surface area contributed by atoms with Crippen molar-refractivity contribution in [1.29, 1.82) is 0 Å². The van der Waals surface area contributed by atoms with Crippen LogP contribution in [0.15, 0.2) is 58.4 Å². The van der Waals surface area contributed by atoms with Gasteiger partial charge in [-0.15, -0.1) is 11.3 Å². The molecule has 5 heteroatoms. The Kier molecular flexibility index (Phi) is 4.36. The van der Waals surface area contributed by atoms with Crippen LogP contribution in [-0.4, -0.2) is 13.0 Å². The number of methoxy groups -OCH3 is 1. The molecule has 0 unspecified atom stereocenters. The molecular weight excluding hydrogens is 398 g/mol. The van der Waals surface area contributed by atoms with Gasteiger partial charge in [0.05, 0.1) is 12.8 Å². The number of fused-ring (bicyclic) bond motifs is 1. The average Bonchev–Trinajstić information content (AvgIpc) is 3.04. The highest BCUT2D eigenvalue weighted by Gasteiger charge is 2.30. The van der Waals surface area contributed by atoms with Gasteiger partial charge < -0.3 is 10.1 Å². The van der Waals surface area contributed by atoms with Gasteiger partial charge in [0.15, 0.2) is 0 Å². The fourth-order valence-electron chi connectivity index (χ4n) is 3.20. The first kappa shape index (κ1) is 16.4. The molecule has 1 aliphatic rings. The van der Waals surface area contributed by atoms with Crippen molar-refractivity contribution in [3.63, 3.8) is 0 Å². The Labute approximate surface area is 158 Å². The Morgan fingerprint density at radius 2 is 2.00 bits per heavy atom. The molecule has 4 rings (SSSR count). The Balaban J connectivity index is 1.78. The van der Waals surface area contributed by atoms with Crippen molar-refractivity contribution < 1.29 is 9.53 Å². The Hall–Kier alpha value is -2.11. The van der Waals surface area contributed by atoms with E-state index in [9.17, 15) is 4.79 Å². The molecule has 1 aliphatic heterocycles. The summed E-state index contributed by atoms with van der Waals surface area (Å²) in [5.41, 5.74) is 4.24. The van der Waals surface area contributed by atoms with E-state index in [1.54, 1.807) is 18.4 Å². The van der Waals surface area contributed by atoms with Gasteiger partial charge in [-0.2, -0.15) is 0 Å². The largest absolute Gasteiger partial charge is 0.497 e. The number of halogens is 1. The maximum atomic E-state index is 12.3. The van der Waals surface area contributed by atoms with Crippen LogP contribution in [0.4, 0.5) is 5.69 Å². The monoisotopic (exact) mass is 413 g/mol. The number of rotatable bonds is 3. The summed E-state index contributed by atoms with van der Waals surface area (Å²) in [6.07, 6.45) is 0.478. The molecule has 0 fully saturated rings. The van der Waals surface area contributed by atoms with Crippen LogP contribution >= 0.6 is 27.3 Å². The number of nitrogens with one attached hydrogen (secondary N) is 1. The topological polar surface area (TPSA) is 38.3 Å². The van der Waals surface area contributed by atoms with E-state index in [2.05, 4.69) is 38.8 Å². The molecule has 1 aromatic heterocycles. The number of hydrogen-bond donors (Lipinski definition) is 1. The summed E-state index contributed by atoms with van der Waals surface area (Å²) in [5, 5.41) is 5.21. The van der Waals surface area contributed by atoms with Crippen molar-refractivity contribution in [2.24, 2.45) is 0 Å². The van der Waals surface area contributed by atoms with E-state index in [-0.39, 0.29) is 11.8 Å². The van der Waals surface area contributed by atoms with Gasteiger partial charge in [-0.05, 0) is 35.4 Å². The molecule has 2 aromatic carbocycles. The third-order valence-corrected chi connectivity index (χ3v) is 6.03. The second kappa shape index (κ2) is 6.65. The van der Waals surface area contributed by atoms with Crippen molar-refractivity contribution in [1.82, 2.24) is 0 Å². The van der Waals surface area contributed by atoms with Crippen LogP contribution in [0.25, 0.3) is 11.1 Å². The van der Waals surface area contributed by atoms with Gasteiger partial charge >= 0.3 is 0 Å².